The van der Waals surface area contributed by atoms with Gasteiger partial charge in [-0.3, -0.25) is 34.2 Å². The number of methoxy groups -OCH3 is 1. The van der Waals surface area contributed by atoms with Crippen LogP contribution in [-0.4, -0.2) is 115 Å². The van der Waals surface area contributed by atoms with E-state index in [0.717, 1.165) is 25.9 Å². The molecule has 4 aromatic rings. The molecule has 0 radical (unpaired) electrons. The number of aromatic nitrogens is 3. The van der Waals surface area contributed by atoms with Gasteiger partial charge >= 0.3 is 0 Å². The summed E-state index contributed by atoms with van der Waals surface area (Å²) in [5, 5.41) is 11.6. The van der Waals surface area contributed by atoms with E-state index < -0.39 is 29.6 Å². The molecule has 4 amide bonds. The number of aryl methyl sites for hydroxylation is 1. The molecule has 1 unspecified atom stereocenters. The molecule has 3 aliphatic heterocycles. The molecule has 3 fully saturated rings. The molecular formula is C42H50ClFN10O7. The zero-order valence-corrected chi connectivity index (χ0v) is 35.5. The minimum Gasteiger partial charge on any atom is -0.494 e. The molecule has 3 aliphatic rings. The topological polar surface area (TPSA) is 192 Å². The van der Waals surface area contributed by atoms with Crippen molar-refractivity contribution >= 4 is 69.3 Å². The predicted octanol–water partition coefficient (Wildman–Crippen LogP) is 3.35. The van der Waals surface area contributed by atoms with E-state index in [4.69, 9.17) is 26.1 Å². The van der Waals surface area contributed by atoms with Gasteiger partial charge in [-0.2, -0.15) is 4.98 Å². The van der Waals surface area contributed by atoms with Crippen molar-refractivity contribution in [2.75, 3.05) is 75.1 Å². The Hall–Kier alpha value is -6.01. The Balaban J connectivity index is 0.971. The molecule has 2 aromatic carbocycles. The van der Waals surface area contributed by atoms with Crippen molar-refractivity contribution in [3.63, 3.8) is 0 Å². The predicted molar refractivity (Wildman–Crippen MR) is 228 cm³/mol. The zero-order chi connectivity index (χ0) is 43.6. The highest BCUT2D eigenvalue weighted by Gasteiger charge is 2.40. The first-order chi connectivity index (χ1) is 29.2. The Morgan fingerprint density at radius 1 is 0.984 bits per heavy atom. The smallest absolute Gasteiger partial charge is 0.293 e. The minimum absolute atomic E-state index is 0.0568. The molecule has 17 nitrogen and oxygen atoms in total. The molecule has 5 heterocycles. The number of rotatable bonds is 12. The van der Waals surface area contributed by atoms with Gasteiger partial charge in [0.2, 0.25) is 17.8 Å². The zero-order valence-electron chi connectivity index (χ0n) is 34.8. The Kier molecular flexibility index (Phi) is 12.7. The average Bonchev–Trinajstić information content (AvgIpc) is 3.25. The van der Waals surface area contributed by atoms with Crippen LogP contribution in [0, 0.1) is 11.7 Å². The number of halogens is 2. The highest BCUT2D eigenvalue weighted by molar-refractivity contribution is 6.33. The molecule has 0 bridgehead atoms. The van der Waals surface area contributed by atoms with Gasteiger partial charge in [0, 0.05) is 76.4 Å². The first-order valence-electron chi connectivity index (χ1n) is 20.2. The first-order valence-corrected chi connectivity index (χ1v) is 20.6. The number of imide groups is 1. The van der Waals surface area contributed by atoms with Crippen molar-refractivity contribution in [2.45, 2.75) is 51.1 Å². The van der Waals surface area contributed by atoms with Crippen LogP contribution < -0.4 is 46.1 Å². The number of hydrogen-bond acceptors (Lipinski definition) is 13. The lowest BCUT2D eigenvalue weighted by Gasteiger charge is -2.50. The second-order valence-corrected chi connectivity index (χ2v) is 16.4. The van der Waals surface area contributed by atoms with E-state index in [-0.39, 0.29) is 53.5 Å². The van der Waals surface area contributed by atoms with Crippen LogP contribution >= 0.6 is 11.6 Å². The van der Waals surface area contributed by atoms with Gasteiger partial charge in [-0.1, -0.05) is 11.6 Å². The molecule has 7 rings (SSSR count). The minimum atomic E-state index is -0.925. The number of piperazine rings is 1. The van der Waals surface area contributed by atoms with Gasteiger partial charge in [0.05, 0.1) is 24.4 Å². The summed E-state index contributed by atoms with van der Waals surface area (Å²) < 4.78 is 28.7. The van der Waals surface area contributed by atoms with Crippen LogP contribution in [0.5, 0.6) is 11.5 Å². The second kappa shape index (κ2) is 17.9. The lowest BCUT2D eigenvalue weighted by molar-refractivity contribution is -0.134. The van der Waals surface area contributed by atoms with Gasteiger partial charge in [0.15, 0.2) is 24.0 Å². The highest BCUT2D eigenvalue weighted by atomic mass is 35.5. The fourth-order valence-electron chi connectivity index (χ4n) is 8.38. The van der Waals surface area contributed by atoms with Gasteiger partial charge in [0.1, 0.15) is 22.5 Å². The monoisotopic (exact) mass is 860 g/mol. The van der Waals surface area contributed by atoms with Gasteiger partial charge in [-0.25, -0.2) is 9.37 Å². The summed E-state index contributed by atoms with van der Waals surface area (Å²) in [4.78, 5) is 77.4. The molecule has 324 valence electrons. The maximum Gasteiger partial charge on any atom is 0.293 e. The maximum absolute atomic E-state index is 16.2. The number of benzene rings is 2. The number of anilines is 4. The third-order valence-corrected chi connectivity index (χ3v) is 12.4. The molecular weight excluding hydrogens is 811 g/mol. The van der Waals surface area contributed by atoms with Crippen molar-refractivity contribution < 1.29 is 33.0 Å². The molecule has 0 saturated carbocycles. The number of hydrogen-bond donors (Lipinski definition) is 4. The van der Waals surface area contributed by atoms with E-state index in [1.807, 2.05) is 23.1 Å². The SMILES string of the molecule is CNC(=O)COc1cc2cc(Nc3nc(N4CCN(C(C)(C)C5CCN(c6c(OC)ccc(C(=O)NC7CCC(=O)NC7=O)c6F)CC5)CC4)ncc3Cl)ccc2n(C)c1=O. The summed E-state index contributed by atoms with van der Waals surface area (Å²) in [6.45, 7) is 8.23. The lowest BCUT2D eigenvalue weighted by atomic mass is 9.78. The van der Waals surface area contributed by atoms with Gasteiger partial charge in [-0.05, 0) is 75.4 Å². The van der Waals surface area contributed by atoms with Crippen LogP contribution in [0.4, 0.5) is 27.5 Å². The highest BCUT2D eigenvalue weighted by Crippen LogP contribution is 2.40. The van der Waals surface area contributed by atoms with Crippen LogP contribution in [-0.2, 0) is 21.4 Å². The third kappa shape index (κ3) is 9.05. The van der Waals surface area contributed by atoms with Crippen LogP contribution in [0.1, 0.15) is 49.9 Å². The molecule has 61 heavy (non-hydrogen) atoms. The third-order valence-electron chi connectivity index (χ3n) is 12.1. The van der Waals surface area contributed by atoms with Crippen LogP contribution in [0.25, 0.3) is 10.9 Å². The lowest BCUT2D eigenvalue weighted by Crippen LogP contribution is -2.59. The average molecular weight is 861 g/mol. The normalized spacial score (nSPS) is 17.9. The van der Waals surface area contributed by atoms with E-state index in [0.29, 0.717) is 71.2 Å². The van der Waals surface area contributed by atoms with Gasteiger partial charge in [-0.15, -0.1) is 0 Å². The van der Waals surface area contributed by atoms with Gasteiger partial charge < -0.3 is 39.8 Å². The van der Waals surface area contributed by atoms with Crippen LogP contribution in [0.3, 0.4) is 0 Å². The molecule has 1 atom stereocenters. The number of amides is 4. The maximum atomic E-state index is 16.2. The Morgan fingerprint density at radius 3 is 2.41 bits per heavy atom. The van der Waals surface area contributed by atoms with E-state index in [1.54, 1.807) is 25.4 Å². The Labute approximate surface area is 356 Å². The summed E-state index contributed by atoms with van der Waals surface area (Å²) >= 11 is 6.58. The number of ether oxygens (including phenoxy) is 2. The number of carbonyl (C=O) groups excluding carboxylic acids is 4. The fourth-order valence-corrected chi connectivity index (χ4v) is 8.52. The summed E-state index contributed by atoms with van der Waals surface area (Å²) in [6.07, 6.45) is 3.38. The molecule has 0 spiro atoms. The molecule has 0 aliphatic carbocycles. The Bertz CT molecular complexity index is 2410. The number of nitrogens with one attached hydrogen (secondary N) is 4. The van der Waals surface area contributed by atoms with Crippen molar-refractivity contribution in [3.8, 4) is 11.5 Å². The standard InChI is InChI=1S/C42H50ClFN10O7/c1-42(2,25-12-14-52(15-13-25)36-31(60-5)10-7-27(35(36)44)38(57)48-29-8-11-33(55)49-39(29)58)54-18-16-53(17-19-54)41-46-22-28(43)37(50-41)47-26-6-9-30-24(20-26)21-32(40(59)51(30)4)61-23-34(56)45-3/h6-7,9-10,20-22,25,29H,8,11-19,23H2,1-5H3,(H,45,56)(H,48,57)(H,46,47,50)(H,49,55,58). The number of nitrogens with zero attached hydrogens (tertiary/aromatic N) is 6. The first kappa shape index (κ1) is 43.1. The number of piperidine rings is 2. The summed E-state index contributed by atoms with van der Waals surface area (Å²) in [7, 11) is 4.60. The van der Waals surface area contributed by atoms with Crippen LogP contribution in [0.2, 0.25) is 5.02 Å². The van der Waals surface area contributed by atoms with E-state index in [1.165, 1.54) is 24.8 Å². The molecule has 3 saturated heterocycles. The second-order valence-electron chi connectivity index (χ2n) is 15.9. The van der Waals surface area contributed by atoms with Crippen LogP contribution in [0.15, 0.2) is 47.4 Å². The molecule has 4 N–H and O–H groups in total. The van der Waals surface area contributed by atoms with Crippen molar-refractivity contribution in [1.82, 2.24) is 35.4 Å². The van der Waals surface area contributed by atoms with E-state index in [2.05, 4.69) is 49.9 Å². The summed E-state index contributed by atoms with van der Waals surface area (Å²) in [5.74, 6) is -1.18. The van der Waals surface area contributed by atoms with Crippen molar-refractivity contribution in [3.05, 3.63) is 69.4 Å². The van der Waals surface area contributed by atoms with Gasteiger partial charge in [0.25, 0.3) is 17.4 Å². The molecule has 2 aromatic heterocycles. The number of pyridine rings is 1. The summed E-state index contributed by atoms with van der Waals surface area (Å²) in [5.41, 5.74) is 0.841. The fraction of sp³-hybridized carbons (Fsp3) is 0.452. The number of fused-ring (bicyclic) bond motifs is 1. The Morgan fingerprint density at radius 2 is 1.72 bits per heavy atom. The quantitative estimate of drug-likeness (QED) is 0.152. The summed E-state index contributed by atoms with van der Waals surface area (Å²) in [6, 6.07) is 9.08. The largest absolute Gasteiger partial charge is 0.494 e. The number of carbonyl (C=O) groups is 4. The van der Waals surface area contributed by atoms with Crippen molar-refractivity contribution in [2.24, 2.45) is 13.0 Å². The van der Waals surface area contributed by atoms with Crippen molar-refractivity contribution in [1.29, 1.82) is 0 Å². The van der Waals surface area contributed by atoms with E-state index in [9.17, 15) is 24.0 Å². The number of likely N-dealkylation sites (N-methyl/N-ethyl adjacent to an activating group) is 1. The molecule has 19 heteroatoms. The van der Waals surface area contributed by atoms with E-state index >= 15 is 4.39 Å².